The van der Waals surface area contributed by atoms with Gasteiger partial charge in [-0.1, -0.05) is 66.7 Å². The van der Waals surface area contributed by atoms with Crippen molar-refractivity contribution < 1.29 is 38.6 Å². The number of hydrogen-bond acceptors (Lipinski definition) is 8. The minimum absolute atomic E-state index is 0.102. The molecule has 4 rings (SSSR count). The lowest BCUT2D eigenvalue weighted by Gasteiger charge is -2.28. The average molecular weight is 622 g/mol. The highest BCUT2D eigenvalue weighted by molar-refractivity contribution is 5.73. The highest BCUT2D eigenvalue weighted by Gasteiger charge is 2.27. The molecule has 1 atom stereocenters. The van der Waals surface area contributed by atoms with Crippen molar-refractivity contribution in [1.29, 1.82) is 0 Å². The molecule has 1 aliphatic rings. The van der Waals surface area contributed by atoms with Gasteiger partial charge in [-0.05, 0) is 40.8 Å². The van der Waals surface area contributed by atoms with Gasteiger partial charge in [-0.3, -0.25) is 9.63 Å². The zero-order valence-corrected chi connectivity index (χ0v) is 25.9. The maximum Gasteiger partial charge on any atom is 0.407 e. The molecule has 11 heteroatoms. The highest BCUT2D eigenvalue weighted by Crippen LogP contribution is 2.23. The SMILES string of the molecule is COc1ccc(-c2ccc(CN(OCCOCC[NH+]3CCNCC3)[C@H](CCNC(=O)OCc3ccccc3)C(=O)O)cc2)cc1. The molecule has 1 heterocycles. The number of aliphatic carboxylic acids is 1. The zero-order chi connectivity index (χ0) is 31.7. The third-order valence-electron chi connectivity index (χ3n) is 7.64. The molecule has 1 aliphatic heterocycles. The molecule has 0 spiro atoms. The number of methoxy groups -OCH3 is 1. The molecular weight excluding hydrogens is 576 g/mol. The molecule has 0 radical (unpaired) electrons. The predicted molar refractivity (Wildman–Crippen MR) is 170 cm³/mol. The molecule has 3 aromatic carbocycles. The number of carboxylic acid groups (broad SMARTS) is 1. The number of rotatable bonds is 18. The third-order valence-corrected chi connectivity index (χ3v) is 7.64. The molecule has 0 aromatic heterocycles. The van der Waals surface area contributed by atoms with Gasteiger partial charge >= 0.3 is 12.1 Å². The fraction of sp³-hybridized carbons (Fsp3) is 0.412. The third kappa shape index (κ3) is 11.8. The summed E-state index contributed by atoms with van der Waals surface area (Å²) >= 11 is 0. The van der Waals surface area contributed by atoms with Gasteiger partial charge in [0, 0.05) is 19.6 Å². The quantitative estimate of drug-likeness (QED) is 0.125. The van der Waals surface area contributed by atoms with Crippen LogP contribution in [0.2, 0.25) is 0 Å². The normalized spacial score (nSPS) is 14.2. The fourth-order valence-electron chi connectivity index (χ4n) is 5.05. The summed E-state index contributed by atoms with van der Waals surface area (Å²) in [7, 11) is 1.64. The Bertz CT molecular complexity index is 1290. The van der Waals surface area contributed by atoms with Gasteiger partial charge in [0.05, 0.1) is 46.6 Å². The number of carbonyl (C=O) groups excluding carboxylic acids is 1. The van der Waals surface area contributed by atoms with Crippen molar-refractivity contribution >= 4 is 12.1 Å². The Morgan fingerprint density at radius 2 is 1.60 bits per heavy atom. The number of alkyl carbamates (subject to hydrolysis) is 1. The van der Waals surface area contributed by atoms with Gasteiger partial charge in [-0.25, -0.2) is 4.79 Å². The highest BCUT2D eigenvalue weighted by atomic mass is 16.7. The summed E-state index contributed by atoms with van der Waals surface area (Å²) in [5.74, 6) is -0.261. The Morgan fingerprint density at radius 3 is 2.27 bits per heavy atom. The number of carbonyl (C=O) groups is 2. The van der Waals surface area contributed by atoms with Crippen LogP contribution in [0.4, 0.5) is 4.79 Å². The second-order valence-electron chi connectivity index (χ2n) is 10.8. The van der Waals surface area contributed by atoms with E-state index < -0.39 is 18.1 Å². The van der Waals surface area contributed by atoms with Crippen LogP contribution < -0.4 is 20.3 Å². The first-order valence-corrected chi connectivity index (χ1v) is 15.4. The van der Waals surface area contributed by atoms with Gasteiger partial charge < -0.3 is 34.9 Å². The Balaban J connectivity index is 1.32. The van der Waals surface area contributed by atoms with Crippen molar-refractivity contribution in [3.05, 3.63) is 90.0 Å². The molecule has 1 fully saturated rings. The molecule has 11 nitrogen and oxygen atoms in total. The first-order valence-electron chi connectivity index (χ1n) is 15.4. The summed E-state index contributed by atoms with van der Waals surface area (Å²) in [6.45, 7) is 6.76. The van der Waals surface area contributed by atoms with Gasteiger partial charge in [0.15, 0.2) is 0 Å². The van der Waals surface area contributed by atoms with Crippen LogP contribution in [-0.4, -0.2) is 94.5 Å². The van der Waals surface area contributed by atoms with E-state index in [4.69, 9.17) is 19.0 Å². The molecule has 1 amide bonds. The Hall–Kier alpha value is -4.00. The number of hydroxylamine groups is 2. The van der Waals surface area contributed by atoms with E-state index in [1.165, 1.54) is 9.96 Å². The van der Waals surface area contributed by atoms with Crippen molar-refractivity contribution in [1.82, 2.24) is 15.7 Å². The monoisotopic (exact) mass is 621 g/mol. The standard InChI is InChI=1S/C34H44N4O7/c1-42-31-13-11-30(12-14-31)29-9-7-27(8-10-29)25-38(45-24-23-43-22-21-37-19-17-35-18-20-37)32(33(39)40)15-16-36-34(41)44-26-28-5-3-2-4-6-28/h2-14,32,35H,15-26H2,1H3,(H,36,41)(H,39,40)/p+1/t32-/m1/s1. The molecule has 0 unspecified atom stereocenters. The summed E-state index contributed by atoms with van der Waals surface area (Å²) in [4.78, 5) is 32.2. The molecule has 0 bridgehead atoms. The number of hydrogen-bond donors (Lipinski definition) is 4. The lowest BCUT2D eigenvalue weighted by atomic mass is 10.0. The number of amides is 1. The van der Waals surface area contributed by atoms with Crippen molar-refractivity contribution in [2.75, 3.05) is 66.2 Å². The second kappa shape index (κ2) is 18.7. The fourth-order valence-corrected chi connectivity index (χ4v) is 5.05. The van der Waals surface area contributed by atoms with E-state index in [0.29, 0.717) is 13.2 Å². The zero-order valence-electron chi connectivity index (χ0n) is 25.9. The molecule has 4 N–H and O–H groups in total. The van der Waals surface area contributed by atoms with E-state index in [-0.39, 0.29) is 32.7 Å². The minimum atomic E-state index is -1.05. The van der Waals surface area contributed by atoms with Gasteiger partial charge in [-0.15, -0.1) is 0 Å². The van der Waals surface area contributed by atoms with Crippen molar-refractivity contribution in [2.45, 2.75) is 25.6 Å². The van der Waals surface area contributed by atoms with Crippen LogP contribution in [0.25, 0.3) is 11.1 Å². The van der Waals surface area contributed by atoms with Gasteiger partial charge in [0.2, 0.25) is 0 Å². The van der Waals surface area contributed by atoms with E-state index >= 15 is 0 Å². The molecule has 0 saturated carbocycles. The second-order valence-corrected chi connectivity index (χ2v) is 10.8. The average Bonchev–Trinajstić information content (AvgIpc) is 3.08. The summed E-state index contributed by atoms with van der Waals surface area (Å²) < 4.78 is 16.3. The van der Waals surface area contributed by atoms with E-state index in [2.05, 4.69) is 10.6 Å². The van der Waals surface area contributed by atoms with Gasteiger partial charge in [0.25, 0.3) is 0 Å². The van der Waals surface area contributed by atoms with Crippen LogP contribution in [-0.2, 0) is 32.3 Å². The smallest absolute Gasteiger partial charge is 0.407 e. The number of carboxylic acids is 1. The number of benzene rings is 3. The molecule has 0 aliphatic carbocycles. The summed E-state index contributed by atoms with van der Waals surface area (Å²) in [6.07, 6.45) is -0.489. The Morgan fingerprint density at radius 1 is 0.911 bits per heavy atom. The predicted octanol–water partition coefficient (Wildman–Crippen LogP) is 2.37. The van der Waals surface area contributed by atoms with Crippen LogP contribution in [0.15, 0.2) is 78.9 Å². The van der Waals surface area contributed by atoms with Crippen LogP contribution in [0.1, 0.15) is 17.5 Å². The molecular formula is C34H45N4O7+. The number of nitrogens with one attached hydrogen (secondary N) is 3. The first kappa shape index (κ1) is 33.9. The summed E-state index contributed by atoms with van der Waals surface area (Å²) in [5.41, 5.74) is 3.83. The van der Waals surface area contributed by atoms with Crippen LogP contribution in [0, 0.1) is 0 Å². The Kier molecular flexibility index (Phi) is 14.1. The van der Waals surface area contributed by atoms with Gasteiger partial charge in [0.1, 0.15) is 24.9 Å². The van der Waals surface area contributed by atoms with Crippen molar-refractivity contribution in [2.24, 2.45) is 0 Å². The van der Waals surface area contributed by atoms with Gasteiger partial charge in [-0.2, -0.15) is 5.06 Å². The summed E-state index contributed by atoms with van der Waals surface area (Å²) in [6, 6.07) is 24.1. The summed E-state index contributed by atoms with van der Waals surface area (Å²) in [5, 5.41) is 17.6. The van der Waals surface area contributed by atoms with Crippen molar-refractivity contribution in [3.8, 4) is 16.9 Å². The number of nitrogens with zero attached hydrogens (tertiary/aromatic N) is 1. The maximum absolute atomic E-state index is 12.4. The largest absolute Gasteiger partial charge is 0.497 e. The molecule has 242 valence electrons. The van der Waals surface area contributed by atoms with E-state index in [1.54, 1.807) is 7.11 Å². The lowest BCUT2D eigenvalue weighted by molar-refractivity contribution is -0.902. The molecule has 3 aromatic rings. The van der Waals surface area contributed by atoms with E-state index in [1.807, 2.05) is 78.9 Å². The Labute approximate surface area is 265 Å². The molecule has 45 heavy (non-hydrogen) atoms. The topological polar surface area (TPSA) is 123 Å². The van der Waals surface area contributed by atoms with E-state index in [9.17, 15) is 14.7 Å². The van der Waals surface area contributed by atoms with E-state index in [0.717, 1.165) is 60.7 Å². The number of ether oxygens (including phenoxy) is 3. The first-order chi connectivity index (χ1) is 22.0. The van der Waals surface area contributed by atoms with Crippen LogP contribution in [0.3, 0.4) is 0 Å². The van der Waals surface area contributed by atoms with Crippen LogP contribution >= 0.6 is 0 Å². The minimum Gasteiger partial charge on any atom is -0.497 e. The molecule has 1 saturated heterocycles. The van der Waals surface area contributed by atoms with Crippen molar-refractivity contribution in [3.63, 3.8) is 0 Å². The lowest BCUT2D eigenvalue weighted by Crippen LogP contribution is -3.15. The van der Waals surface area contributed by atoms with Crippen LogP contribution in [0.5, 0.6) is 5.75 Å². The number of quaternary nitrogens is 1. The maximum atomic E-state index is 12.4. The number of piperazine rings is 1.